The van der Waals surface area contributed by atoms with Crippen LogP contribution in [0.4, 0.5) is 14.5 Å². The first-order valence-electron chi connectivity index (χ1n) is 9.31. The highest BCUT2D eigenvalue weighted by Crippen LogP contribution is 2.29. The van der Waals surface area contributed by atoms with E-state index >= 15 is 0 Å². The summed E-state index contributed by atoms with van der Waals surface area (Å²) in [7, 11) is 3.28. The van der Waals surface area contributed by atoms with Gasteiger partial charge in [0.2, 0.25) is 5.91 Å². The van der Waals surface area contributed by atoms with Crippen LogP contribution in [0.3, 0.4) is 0 Å². The second kappa shape index (κ2) is 8.02. The van der Waals surface area contributed by atoms with Gasteiger partial charge in [-0.15, -0.1) is 0 Å². The molecule has 0 spiro atoms. The molecule has 2 aromatic heterocycles. The Hall–Kier alpha value is -4.01. The fourth-order valence-electron chi connectivity index (χ4n) is 3.36. The van der Waals surface area contributed by atoms with Gasteiger partial charge in [-0.1, -0.05) is 12.1 Å². The van der Waals surface area contributed by atoms with E-state index in [2.05, 4.69) is 10.3 Å². The smallest absolute Gasteiger partial charge is 0.278 e. The van der Waals surface area contributed by atoms with Crippen molar-refractivity contribution in [1.82, 2.24) is 14.1 Å². The summed E-state index contributed by atoms with van der Waals surface area (Å²) in [5.74, 6) is -1.48. The maximum absolute atomic E-state index is 13.8. The van der Waals surface area contributed by atoms with Crippen LogP contribution < -0.4 is 15.6 Å². The number of aryl methyl sites for hydroxylation is 1. The van der Waals surface area contributed by atoms with Gasteiger partial charge in [0, 0.05) is 24.9 Å². The Morgan fingerprint density at radius 3 is 2.77 bits per heavy atom. The maximum atomic E-state index is 13.8. The van der Waals surface area contributed by atoms with Crippen molar-refractivity contribution in [2.24, 2.45) is 7.05 Å². The molecule has 0 fully saturated rings. The molecule has 9 heteroatoms. The average molecular weight is 424 g/mol. The summed E-state index contributed by atoms with van der Waals surface area (Å²) in [5, 5.41) is 2.27. The van der Waals surface area contributed by atoms with Crippen LogP contribution in [-0.4, -0.2) is 27.1 Å². The molecule has 7 nitrogen and oxygen atoms in total. The molecule has 0 atom stereocenters. The highest BCUT2D eigenvalue weighted by atomic mass is 19.1. The van der Waals surface area contributed by atoms with E-state index in [9.17, 15) is 18.4 Å². The standard InChI is InChI=1S/C22H18F2N4O3/c1-27-10-16(13-4-3-5-15(8-13)31-2)20-21(27)22(30)28(12-25-20)11-19(29)26-18-9-14(23)6-7-17(18)24/h3-10,12H,11H2,1-2H3,(H,26,29). The first-order valence-corrected chi connectivity index (χ1v) is 9.31. The van der Waals surface area contributed by atoms with E-state index in [-0.39, 0.29) is 5.69 Å². The van der Waals surface area contributed by atoms with E-state index in [1.807, 2.05) is 24.3 Å². The minimum absolute atomic E-state index is 0.300. The Morgan fingerprint density at radius 1 is 1.19 bits per heavy atom. The molecule has 0 bridgehead atoms. The van der Waals surface area contributed by atoms with Crippen LogP contribution in [0.1, 0.15) is 0 Å². The summed E-state index contributed by atoms with van der Waals surface area (Å²) < 4.78 is 35.1. The number of hydrogen-bond donors (Lipinski definition) is 1. The van der Waals surface area contributed by atoms with Crippen molar-refractivity contribution in [2.75, 3.05) is 12.4 Å². The number of methoxy groups -OCH3 is 1. The van der Waals surface area contributed by atoms with Gasteiger partial charge in [0.15, 0.2) is 0 Å². The Balaban J connectivity index is 1.67. The lowest BCUT2D eigenvalue weighted by atomic mass is 10.1. The number of carbonyl (C=O) groups excluding carboxylic acids is 1. The normalized spacial score (nSPS) is 11.0. The molecule has 158 valence electrons. The molecule has 0 radical (unpaired) electrons. The lowest BCUT2D eigenvalue weighted by Crippen LogP contribution is -2.28. The zero-order chi connectivity index (χ0) is 22.1. The van der Waals surface area contributed by atoms with E-state index in [4.69, 9.17) is 4.74 Å². The highest BCUT2D eigenvalue weighted by Gasteiger charge is 2.17. The van der Waals surface area contributed by atoms with Crippen LogP contribution in [-0.2, 0) is 18.4 Å². The van der Waals surface area contributed by atoms with Crippen molar-refractivity contribution in [1.29, 1.82) is 0 Å². The third kappa shape index (κ3) is 3.89. The van der Waals surface area contributed by atoms with Gasteiger partial charge in [0.25, 0.3) is 5.56 Å². The summed E-state index contributed by atoms with van der Waals surface area (Å²) in [6.45, 7) is -0.405. The van der Waals surface area contributed by atoms with Crippen molar-refractivity contribution >= 4 is 22.6 Å². The first-order chi connectivity index (χ1) is 14.9. The number of amides is 1. The summed E-state index contributed by atoms with van der Waals surface area (Å²) in [5.41, 5.74) is 1.63. The molecule has 0 saturated carbocycles. The highest BCUT2D eigenvalue weighted by molar-refractivity contribution is 5.93. The van der Waals surface area contributed by atoms with E-state index in [1.54, 1.807) is 24.9 Å². The number of fused-ring (bicyclic) bond motifs is 1. The summed E-state index contributed by atoms with van der Waals surface area (Å²) >= 11 is 0. The predicted molar refractivity (Wildman–Crippen MR) is 112 cm³/mol. The molecule has 4 aromatic rings. The van der Waals surface area contributed by atoms with Gasteiger partial charge in [-0.05, 0) is 29.8 Å². The zero-order valence-electron chi connectivity index (χ0n) is 16.7. The average Bonchev–Trinajstić information content (AvgIpc) is 3.10. The molecule has 0 aliphatic rings. The minimum atomic E-state index is -0.777. The Morgan fingerprint density at radius 2 is 2.00 bits per heavy atom. The van der Waals surface area contributed by atoms with Crippen molar-refractivity contribution in [3.8, 4) is 16.9 Å². The van der Waals surface area contributed by atoms with Crippen molar-refractivity contribution in [3.05, 3.63) is 77.0 Å². The van der Waals surface area contributed by atoms with Crippen LogP contribution in [0.25, 0.3) is 22.2 Å². The number of hydrogen-bond acceptors (Lipinski definition) is 4. The van der Waals surface area contributed by atoms with Gasteiger partial charge in [-0.2, -0.15) is 0 Å². The van der Waals surface area contributed by atoms with Gasteiger partial charge in [0.1, 0.15) is 35.0 Å². The predicted octanol–water partition coefficient (Wildman–Crippen LogP) is 3.33. The number of halogens is 2. The first kappa shape index (κ1) is 20.3. The maximum Gasteiger partial charge on any atom is 0.278 e. The number of aromatic nitrogens is 3. The summed E-state index contributed by atoms with van der Waals surface area (Å²) in [6, 6.07) is 10.1. The van der Waals surface area contributed by atoms with Crippen molar-refractivity contribution in [3.63, 3.8) is 0 Å². The summed E-state index contributed by atoms with van der Waals surface area (Å²) in [4.78, 5) is 29.7. The SMILES string of the molecule is COc1cccc(-c2cn(C)c3c(=O)n(CC(=O)Nc4cc(F)ccc4F)cnc23)c1. The quantitative estimate of drug-likeness (QED) is 0.533. The number of rotatable bonds is 5. The van der Waals surface area contributed by atoms with Crippen LogP contribution in [0.2, 0.25) is 0 Å². The lowest BCUT2D eigenvalue weighted by molar-refractivity contribution is -0.116. The monoisotopic (exact) mass is 424 g/mol. The number of anilines is 1. The molecular weight excluding hydrogens is 406 g/mol. The molecule has 1 amide bonds. The molecule has 4 rings (SSSR count). The Labute approximate surface area is 175 Å². The number of nitrogens with one attached hydrogen (secondary N) is 1. The Kier molecular flexibility index (Phi) is 5.24. The number of benzene rings is 2. The lowest BCUT2D eigenvalue weighted by Gasteiger charge is -2.09. The molecular formula is C22H18F2N4O3. The second-order valence-corrected chi connectivity index (χ2v) is 6.93. The van der Waals surface area contributed by atoms with E-state index < -0.39 is 29.6 Å². The summed E-state index contributed by atoms with van der Waals surface area (Å²) in [6.07, 6.45) is 3.04. The van der Waals surface area contributed by atoms with Crippen LogP contribution in [0.5, 0.6) is 5.75 Å². The van der Waals surface area contributed by atoms with Crippen LogP contribution in [0, 0.1) is 11.6 Å². The molecule has 1 N–H and O–H groups in total. The van der Waals surface area contributed by atoms with E-state index in [0.717, 1.165) is 33.9 Å². The molecule has 31 heavy (non-hydrogen) atoms. The van der Waals surface area contributed by atoms with Gasteiger partial charge < -0.3 is 14.6 Å². The van der Waals surface area contributed by atoms with Gasteiger partial charge in [-0.25, -0.2) is 13.8 Å². The molecule has 0 aliphatic heterocycles. The Bertz CT molecular complexity index is 1360. The topological polar surface area (TPSA) is 78.1 Å². The molecule has 0 unspecified atom stereocenters. The largest absolute Gasteiger partial charge is 0.497 e. The van der Waals surface area contributed by atoms with Crippen molar-refractivity contribution in [2.45, 2.75) is 6.54 Å². The van der Waals surface area contributed by atoms with E-state index in [0.29, 0.717) is 16.8 Å². The molecule has 2 heterocycles. The minimum Gasteiger partial charge on any atom is -0.497 e. The third-order valence-electron chi connectivity index (χ3n) is 4.84. The number of ether oxygens (including phenoxy) is 1. The fourth-order valence-corrected chi connectivity index (χ4v) is 3.36. The molecule has 0 saturated heterocycles. The van der Waals surface area contributed by atoms with Crippen LogP contribution in [0.15, 0.2) is 59.8 Å². The van der Waals surface area contributed by atoms with Gasteiger partial charge in [0.05, 0.1) is 19.1 Å². The third-order valence-corrected chi connectivity index (χ3v) is 4.84. The molecule has 0 aliphatic carbocycles. The van der Waals surface area contributed by atoms with Gasteiger partial charge in [-0.3, -0.25) is 14.2 Å². The number of nitrogens with zero attached hydrogens (tertiary/aromatic N) is 3. The van der Waals surface area contributed by atoms with Crippen LogP contribution >= 0.6 is 0 Å². The number of carbonyl (C=O) groups is 1. The zero-order valence-corrected chi connectivity index (χ0v) is 16.7. The van der Waals surface area contributed by atoms with E-state index in [1.165, 1.54) is 6.33 Å². The second-order valence-electron chi connectivity index (χ2n) is 6.93. The van der Waals surface area contributed by atoms with Gasteiger partial charge >= 0.3 is 0 Å². The molecule has 2 aromatic carbocycles. The van der Waals surface area contributed by atoms with Crippen molar-refractivity contribution < 1.29 is 18.3 Å². The fraction of sp³-hybridized carbons (Fsp3) is 0.136.